The first-order valence-corrected chi connectivity index (χ1v) is 5.24. The summed E-state index contributed by atoms with van der Waals surface area (Å²) in [5.41, 5.74) is -0.0965. The lowest BCUT2D eigenvalue weighted by Gasteiger charge is -2.27. The molecular weight excluding hydrogens is 210 g/mol. The van der Waals surface area contributed by atoms with Crippen molar-refractivity contribution in [3.63, 3.8) is 0 Å². The normalized spacial score (nSPS) is 14.1. The first kappa shape index (κ1) is 13.1. The first-order chi connectivity index (χ1) is 7.49. The van der Waals surface area contributed by atoms with Crippen molar-refractivity contribution in [3.05, 3.63) is 11.7 Å². The molecule has 0 aliphatic rings. The number of nitrogens with zero attached hydrogens (tertiary/aromatic N) is 2. The van der Waals surface area contributed by atoms with Gasteiger partial charge in [0, 0.05) is 6.61 Å². The van der Waals surface area contributed by atoms with Crippen LogP contribution in [-0.4, -0.2) is 16.7 Å². The molecule has 1 heterocycles. The molecule has 1 aromatic rings. The molecule has 1 aromatic heterocycles. The van der Waals surface area contributed by atoms with Gasteiger partial charge in [0.2, 0.25) is 5.82 Å². The molecule has 1 rings (SSSR count). The lowest BCUT2D eigenvalue weighted by Crippen LogP contribution is -2.22. The third-order valence-corrected chi connectivity index (χ3v) is 2.05. The molecule has 6 heteroatoms. The van der Waals surface area contributed by atoms with E-state index in [1.54, 1.807) is 0 Å². The van der Waals surface area contributed by atoms with Crippen molar-refractivity contribution in [3.8, 4) is 0 Å². The molecule has 1 atom stereocenters. The summed E-state index contributed by atoms with van der Waals surface area (Å²) in [6, 6.07) is 0. The molecule has 0 spiro atoms. The summed E-state index contributed by atoms with van der Waals surface area (Å²) in [7, 11) is 0. The van der Waals surface area contributed by atoms with Crippen molar-refractivity contribution >= 4 is 0 Å². The Kier molecular flexibility index (Phi) is 4.40. The second-order valence-electron chi connectivity index (χ2n) is 4.56. The van der Waals surface area contributed by atoms with E-state index in [1.807, 2.05) is 6.92 Å². The van der Waals surface area contributed by atoms with E-state index in [2.05, 4.69) is 35.7 Å². The highest BCUT2D eigenvalue weighted by atomic mass is 16.6. The summed E-state index contributed by atoms with van der Waals surface area (Å²) in [6.07, 6.45) is -0.201. The third-order valence-electron chi connectivity index (χ3n) is 2.05. The van der Waals surface area contributed by atoms with Crippen LogP contribution in [0.25, 0.3) is 0 Å². The zero-order chi connectivity index (χ0) is 12.2. The molecule has 1 unspecified atom stereocenters. The van der Waals surface area contributed by atoms with Gasteiger partial charge in [0.25, 0.3) is 5.89 Å². The van der Waals surface area contributed by atoms with Gasteiger partial charge in [-0.15, -0.1) is 0 Å². The minimum atomic E-state index is -0.201. The number of ether oxygens (including phenoxy) is 1. The largest absolute Gasteiger partial charge is 0.370 e. The van der Waals surface area contributed by atoms with E-state index in [-0.39, 0.29) is 18.1 Å². The average molecular weight is 229 g/mol. The van der Waals surface area contributed by atoms with Crippen molar-refractivity contribution in [1.82, 2.24) is 10.1 Å². The van der Waals surface area contributed by atoms with Crippen molar-refractivity contribution in [2.75, 3.05) is 6.61 Å². The van der Waals surface area contributed by atoms with Gasteiger partial charge in [-0.1, -0.05) is 25.9 Å². The Balaban J connectivity index is 2.84. The molecule has 0 aliphatic heterocycles. The van der Waals surface area contributed by atoms with Crippen LogP contribution in [0.15, 0.2) is 4.52 Å². The van der Waals surface area contributed by atoms with E-state index >= 15 is 0 Å². The van der Waals surface area contributed by atoms with Crippen LogP contribution in [0.3, 0.4) is 0 Å². The molecule has 0 amide bonds. The topological polar surface area (TPSA) is 83.4 Å². The first-order valence-electron chi connectivity index (χ1n) is 5.24. The smallest absolute Gasteiger partial charge is 0.254 e. The fourth-order valence-electron chi connectivity index (χ4n) is 1.38. The second kappa shape index (κ2) is 5.38. The van der Waals surface area contributed by atoms with Crippen LogP contribution in [0.5, 0.6) is 0 Å². The van der Waals surface area contributed by atoms with E-state index in [4.69, 9.17) is 15.2 Å². The maximum Gasteiger partial charge on any atom is 0.254 e. The zero-order valence-electron chi connectivity index (χ0n) is 10.2. The summed E-state index contributed by atoms with van der Waals surface area (Å²) in [5.74, 6) is 5.81. The minimum Gasteiger partial charge on any atom is -0.370 e. The Labute approximate surface area is 95.1 Å². The van der Waals surface area contributed by atoms with Gasteiger partial charge in [0.15, 0.2) is 0 Å². The summed E-state index contributed by atoms with van der Waals surface area (Å²) >= 11 is 0. The van der Waals surface area contributed by atoms with E-state index in [1.165, 1.54) is 0 Å². The number of hydrogen-bond donors (Lipinski definition) is 1. The van der Waals surface area contributed by atoms with Crippen LogP contribution < -0.4 is 5.90 Å². The second-order valence-corrected chi connectivity index (χ2v) is 4.56. The fourth-order valence-corrected chi connectivity index (χ4v) is 1.38. The van der Waals surface area contributed by atoms with Gasteiger partial charge in [0.1, 0.15) is 12.7 Å². The van der Waals surface area contributed by atoms with E-state index < -0.39 is 0 Å². The minimum absolute atomic E-state index is 0.0965. The highest BCUT2D eigenvalue weighted by molar-refractivity contribution is 4.95. The Bertz CT molecular complexity index is 319. The standard InChI is InChI=1S/C10H19N3O3/c1-5-14-8(10(2,3)4)9-12-7(6-15-11)16-13-9/h8H,5-6,11H2,1-4H3. The average Bonchev–Trinajstić information content (AvgIpc) is 2.61. The summed E-state index contributed by atoms with van der Waals surface area (Å²) in [5, 5.41) is 3.87. The van der Waals surface area contributed by atoms with Gasteiger partial charge in [-0.3, -0.25) is 4.84 Å². The van der Waals surface area contributed by atoms with Gasteiger partial charge in [-0.05, 0) is 12.3 Å². The summed E-state index contributed by atoms with van der Waals surface area (Å²) in [6.45, 7) is 8.81. The van der Waals surface area contributed by atoms with E-state index in [0.29, 0.717) is 18.3 Å². The van der Waals surface area contributed by atoms with Crippen LogP contribution in [0.4, 0.5) is 0 Å². The molecule has 0 saturated heterocycles. The van der Waals surface area contributed by atoms with Crippen LogP contribution >= 0.6 is 0 Å². The fraction of sp³-hybridized carbons (Fsp3) is 0.800. The lowest BCUT2D eigenvalue weighted by molar-refractivity contribution is -0.0203. The summed E-state index contributed by atoms with van der Waals surface area (Å²) in [4.78, 5) is 8.61. The van der Waals surface area contributed by atoms with Crippen molar-refractivity contribution < 1.29 is 14.1 Å². The predicted molar refractivity (Wildman–Crippen MR) is 57.1 cm³/mol. The molecule has 0 radical (unpaired) electrons. The number of rotatable bonds is 5. The molecule has 0 aromatic carbocycles. The number of hydrogen-bond acceptors (Lipinski definition) is 6. The van der Waals surface area contributed by atoms with Crippen molar-refractivity contribution in [2.45, 2.75) is 40.4 Å². The van der Waals surface area contributed by atoms with Crippen LogP contribution in [0.1, 0.15) is 45.5 Å². The predicted octanol–water partition coefficient (Wildman–Crippen LogP) is 1.58. The quantitative estimate of drug-likeness (QED) is 0.772. The van der Waals surface area contributed by atoms with Gasteiger partial charge in [0.05, 0.1) is 0 Å². The molecule has 0 aliphatic carbocycles. The SMILES string of the molecule is CCOC(c1noc(CON)n1)C(C)(C)C. The third kappa shape index (κ3) is 3.26. The Morgan fingerprint density at radius 2 is 2.12 bits per heavy atom. The van der Waals surface area contributed by atoms with E-state index in [0.717, 1.165) is 0 Å². The number of aromatic nitrogens is 2. The number of nitrogens with two attached hydrogens (primary N) is 1. The van der Waals surface area contributed by atoms with Gasteiger partial charge in [-0.25, -0.2) is 5.90 Å². The monoisotopic (exact) mass is 229 g/mol. The van der Waals surface area contributed by atoms with Gasteiger partial charge < -0.3 is 9.26 Å². The highest BCUT2D eigenvalue weighted by Crippen LogP contribution is 2.34. The molecule has 0 saturated carbocycles. The molecular formula is C10H19N3O3. The Morgan fingerprint density at radius 3 is 2.62 bits per heavy atom. The van der Waals surface area contributed by atoms with Gasteiger partial charge >= 0.3 is 0 Å². The van der Waals surface area contributed by atoms with Crippen LogP contribution in [0, 0.1) is 5.41 Å². The maximum absolute atomic E-state index is 5.63. The Morgan fingerprint density at radius 1 is 1.44 bits per heavy atom. The molecule has 92 valence electrons. The molecule has 0 fully saturated rings. The van der Waals surface area contributed by atoms with E-state index in [9.17, 15) is 0 Å². The highest BCUT2D eigenvalue weighted by Gasteiger charge is 2.31. The van der Waals surface area contributed by atoms with Crippen LogP contribution in [-0.2, 0) is 16.2 Å². The molecule has 6 nitrogen and oxygen atoms in total. The molecule has 16 heavy (non-hydrogen) atoms. The van der Waals surface area contributed by atoms with Crippen LogP contribution in [0.2, 0.25) is 0 Å². The summed E-state index contributed by atoms with van der Waals surface area (Å²) < 4.78 is 10.6. The zero-order valence-corrected chi connectivity index (χ0v) is 10.2. The van der Waals surface area contributed by atoms with Crippen molar-refractivity contribution in [1.29, 1.82) is 0 Å². The lowest BCUT2D eigenvalue weighted by atomic mass is 9.88. The molecule has 0 bridgehead atoms. The van der Waals surface area contributed by atoms with Gasteiger partial charge in [-0.2, -0.15) is 4.98 Å². The molecule has 2 N–H and O–H groups in total. The van der Waals surface area contributed by atoms with Crippen molar-refractivity contribution in [2.24, 2.45) is 11.3 Å². The maximum atomic E-state index is 5.63. The Hall–Kier alpha value is -0.980.